The second-order valence-electron chi connectivity index (χ2n) is 8.52. The Morgan fingerprint density at radius 1 is 0.875 bits per heavy atom. The van der Waals surface area contributed by atoms with E-state index in [1.54, 1.807) is 6.92 Å². The predicted octanol–water partition coefficient (Wildman–Crippen LogP) is 3.78. The van der Waals surface area contributed by atoms with E-state index >= 15 is 0 Å². The molecule has 7 nitrogen and oxygen atoms in total. The van der Waals surface area contributed by atoms with Gasteiger partial charge in [0, 0.05) is 31.8 Å². The number of alkyl carbamates (subject to hydrolysis) is 1. The maximum atomic E-state index is 12.2. The minimum Gasteiger partial charge on any atom is -0.481 e. The number of carbonyl (C=O) groups excluding carboxylic acids is 2. The van der Waals surface area contributed by atoms with Crippen molar-refractivity contribution in [2.45, 2.75) is 32.6 Å². The number of nitrogens with one attached hydrogen (secondary N) is 2. The van der Waals surface area contributed by atoms with Crippen molar-refractivity contribution in [3.63, 3.8) is 0 Å². The standard InChI is InChI=1S/C25H30N2O5/c1-16(11-23(28)26-13-17(2)12-24(29)30)14-27-25(31)32-15-22-20-9-5-3-7-18(20)19-8-4-6-10-21(19)22/h3-10,16-17,22H,11-15H2,1-2H3,(H,26,28)(H,27,31)(H,29,30). The number of benzene rings is 2. The van der Waals surface area contributed by atoms with Gasteiger partial charge in [-0.25, -0.2) is 4.79 Å². The highest BCUT2D eigenvalue weighted by Gasteiger charge is 2.29. The first kappa shape index (κ1) is 23.3. The van der Waals surface area contributed by atoms with E-state index in [2.05, 4.69) is 34.9 Å². The Hall–Kier alpha value is -3.35. The van der Waals surface area contributed by atoms with Crippen LogP contribution in [0.5, 0.6) is 0 Å². The molecule has 2 atom stereocenters. The molecule has 3 rings (SSSR count). The lowest BCUT2D eigenvalue weighted by Gasteiger charge is -2.16. The molecule has 3 N–H and O–H groups in total. The van der Waals surface area contributed by atoms with Gasteiger partial charge < -0.3 is 20.5 Å². The largest absolute Gasteiger partial charge is 0.481 e. The minimum atomic E-state index is -0.882. The third kappa shape index (κ3) is 6.09. The molecule has 170 valence electrons. The molecular weight excluding hydrogens is 408 g/mol. The first-order valence-corrected chi connectivity index (χ1v) is 10.9. The van der Waals surface area contributed by atoms with Gasteiger partial charge in [-0.15, -0.1) is 0 Å². The second kappa shape index (κ2) is 10.8. The third-order valence-corrected chi connectivity index (χ3v) is 5.64. The summed E-state index contributed by atoms with van der Waals surface area (Å²) in [5.41, 5.74) is 4.66. The molecule has 0 fully saturated rings. The quantitative estimate of drug-likeness (QED) is 0.524. The smallest absolute Gasteiger partial charge is 0.407 e. The molecule has 0 heterocycles. The Labute approximate surface area is 188 Å². The Kier molecular flexibility index (Phi) is 7.87. The van der Waals surface area contributed by atoms with Crippen LogP contribution < -0.4 is 10.6 Å². The zero-order valence-electron chi connectivity index (χ0n) is 18.5. The van der Waals surface area contributed by atoms with Crippen LogP contribution in [0.2, 0.25) is 0 Å². The summed E-state index contributed by atoms with van der Waals surface area (Å²) in [4.78, 5) is 34.9. The van der Waals surface area contributed by atoms with Gasteiger partial charge in [0.05, 0.1) is 0 Å². The van der Waals surface area contributed by atoms with Gasteiger partial charge in [-0.2, -0.15) is 0 Å². The van der Waals surface area contributed by atoms with E-state index in [0.717, 1.165) is 11.1 Å². The minimum absolute atomic E-state index is 0.00384. The summed E-state index contributed by atoms with van der Waals surface area (Å²) in [5.74, 6) is -1.25. The van der Waals surface area contributed by atoms with Crippen molar-refractivity contribution >= 4 is 18.0 Å². The Bertz CT molecular complexity index is 929. The lowest BCUT2D eigenvalue weighted by Crippen LogP contribution is -2.34. The normalized spacial score (nSPS) is 14.1. The number of ether oxygens (including phenoxy) is 1. The number of hydrogen-bond acceptors (Lipinski definition) is 4. The summed E-state index contributed by atoms with van der Waals surface area (Å²) in [6.07, 6.45) is -0.253. The van der Waals surface area contributed by atoms with Crippen LogP contribution in [0.4, 0.5) is 4.79 Å². The van der Waals surface area contributed by atoms with Gasteiger partial charge in [0.25, 0.3) is 0 Å². The summed E-state index contributed by atoms with van der Waals surface area (Å²) in [6.45, 7) is 4.52. The van der Waals surface area contributed by atoms with Crippen molar-refractivity contribution in [1.29, 1.82) is 0 Å². The van der Waals surface area contributed by atoms with Crippen LogP contribution in [0.25, 0.3) is 11.1 Å². The van der Waals surface area contributed by atoms with E-state index in [4.69, 9.17) is 9.84 Å². The molecule has 2 amide bonds. The lowest BCUT2D eigenvalue weighted by atomic mass is 9.98. The molecule has 0 saturated carbocycles. The summed E-state index contributed by atoms with van der Waals surface area (Å²) in [7, 11) is 0. The highest BCUT2D eigenvalue weighted by Crippen LogP contribution is 2.44. The molecule has 0 aliphatic heterocycles. The summed E-state index contributed by atoms with van der Waals surface area (Å²) < 4.78 is 5.50. The molecule has 2 unspecified atom stereocenters. The number of amides is 2. The molecule has 0 saturated heterocycles. The number of aliphatic carboxylic acids is 1. The molecule has 0 spiro atoms. The van der Waals surface area contributed by atoms with Crippen molar-refractivity contribution < 1.29 is 24.2 Å². The molecule has 32 heavy (non-hydrogen) atoms. The van der Waals surface area contributed by atoms with E-state index in [1.807, 2.05) is 31.2 Å². The number of carboxylic acids is 1. The lowest BCUT2D eigenvalue weighted by molar-refractivity contribution is -0.138. The van der Waals surface area contributed by atoms with Crippen molar-refractivity contribution in [3.8, 4) is 11.1 Å². The molecule has 2 aromatic carbocycles. The van der Waals surface area contributed by atoms with Gasteiger partial charge in [0.1, 0.15) is 6.61 Å². The zero-order valence-corrected chi connectivity index (χ0v) is 18.5. The van der Waals surface area contributed by atoms with Crippen molar-refractivity contribution in [1.82, 2.24) is 10.6 Å². The summed E-state index contributed by atoms with van der Waals surface area (Å²) in [6, 6.07) is 16.3. The molecular formula is C25H30N2O5. The number of hydrogen-bond donors (Lipinski definition) is 3. The van der Waals surface area contributed by atoms with E-state index in [9.17, 15) is 14.4 Å². The van der Waals surface area contributed by atoms with E-state index < -0.39 is 12.1 Å². The monoisotopic (exact) mass is 438 g/mol. The number of carbonyl (C=O) groups is 3. The van der Waals surface area contributed by atoms with Crippen molar-refractivity contribution in [3.05, 3.63) is 59.7 Å². The van der Waals surface area contributed by atoms with Gasteiger partial charge in [-0.05, 0) is 34.1 Å². The molecule has 0 aromatic heterocycles. The highest BCUT2D eigenvalue weighted by atomic mass is 16.5. The van der Waals surface area contributed by atoms with Gasteiger partial charge in [-0.1, -0.05) is 62.4 Å². The Morgan fingerprint density at radius 2 is 1.41 bits per heavy atom. The van der Waals surface area contributed by atoms with Crippen molar-refractivity contribution in [2.24, 2.45) is 11.8 Å². The summed E-state index contributed by atoms with van der Waals surface area (Å²) >= 11 is 0. The second-order valence-corrected chi connectivity index (χ2v) is 8.52. The van der Waals surface area contributed by atoms with Crippen LogP contribution in [0.1, 0.15) is 43.7 Å². The van der Waals surface area contributed by atoms with Gasteiger partial charge in [0.15, 0.2) is 0 Å². The topological polar surface area (TPSA) is 105 Å². The fourth-order valence-electron chi connectivity index (χ4n) is 4.03. The first-order valence-electron chi connectivity index (χ1n) is 10.9. The average molecular weight is 439 g/mol. The fourth-order valence-corrected chi connectivity index (χ4v) is 4.03. The Morgan fingerprint density at radius 3 is 2.00 bits per heavy atom. The zero-order chi connectivity index (χ0) is 23.1. The maximum absolute atomic E-state index is 12.2. The SMILES string of the molecule is CC(CNC(=O)CC(C)CNC(=O)OCC1c2ccccc2-c2ccccc21)CC(=O)O. The number of rotatable bonds is 10. The van der Waals surface area contributed by atoms with Crippen LogP contribution in [0.3, 0.4) is 0 Å². The maximum Gasteiger partial charge on any atom is 0.407 e. The average Bonchev–Trinajstić information content (AvgIpc) is 3.08. The highest BCUT2D eigenvalue weighted by molar-refractivity contribution is 5.79. The Balaban J connectivity index is 1.42. The van der Waals surface area contributed by atoms with Crippen molar-refractivity contribution in [2.75, 3.05) is 19.7 Å². The molecule has 1 aliphatic carbocycles. The van der Waals surface area contributed by atoms with E-state index in [1.165, 1.54) is 11.1 Å². The molecule has 0 bridgehead atoms. The van der Waals surface area contributed by atoms with Crippen LogP contribution >= 0.6 is 0 Å². The predicted molar refractivity (Wildman–Crippen MR) is 121 cm³/mol. The first-order chi connectivity index (χ1) is 15.3. The molecule has 0 radical (unpaired) electrons. The van der Waals surface area contributed by atoms with Gasteiger partial charge >= 0.3 is 12.1 Å². The summed E-state index contributed by atoms with van der Waals surface area (Å²) in [5, 5.41) is 14.2. The van der Waals surface area contributed by atoms with E-state index in [0.29, 0.717) is 13.1 Å². The van der Waals surface area contributed by atoms with Crippen LogP contribution in [0.15, 0.2) is 48.5 Å². The van der Waals surface area contributed by atoms with Crippen LogP contribution in [0, 0.1) is 11.8 Å². The molecule has 1 aliphatic rings. The van der Waals surface area contributed by atoms with Gasteiger partial charge in [0.2, 0.25) is 5.91 Å². The van der Waals surface area contributed by atoms with Crippen LogP contribution in [-0.4, -0.2) is 42.8 Å². The molecule has 2 aromatic rings. The van der Waals surface area contributed by atoms with Gasteiger partial charge in [-0.3, -0.25) is 9.59 Å². The van der Waals surface area contributed by atoms with Crippen LogP contribution in [-0.2, 0) is 14.3 Å². The molecule has 7 heteroatoms. The third-order valence-electron chi connectivity index (χ3n) is 5.64. The van der Waals surface area contributed by atoms with E-state index in [-0.39, 0.29) is 43.1 Å². The number of carboxylic acid groups (broad SMARTS) is 1. The fraction of sp³-hybridized carbons (Fsp3) is 0.400. The number of fused-ring (bicyclic) bond motifs is 3.